The predicted molar refractivity (Wildman–Crippen MR) is 155 cm³/mol. The number of allylic oxidation sites excluding steroid dienone is 4. The number of nitrogens with one attached hydrogen (secondary N) is 2. The second-order valence-corrected chi connectivity index (χ2v) is 15.5. The summed E-state index contributed by atoms with van der Waals surface area (Å²) in [7, 11) is 0. The predicted octanol–water partition coefficient (Wildman–Crippen LogP) is 5.76. The van der Waals surface area contributed by atoms with Crippen molar-refractivity contribution in [3.05, 3.63) is 23.3 Å². The van der Waals surface area contributed by atoms with E-state index < -0.39 is 5.41 Å². The third-order valence-electron chi connectivity index (χ3n) is 12.9. The summed E-state index contributed by atoms with van der Waals surface area (Å²) in [4.78, 5) is 51.4. The molecule has 5 aliphatic rings. The van der Waals surface area contributed by atoms with Crippen molar-refractivity contribution < 1.29 is 19.2 Å². The minimum absolute atomic E-state index is 0.0696. The third kappa shape index (κ3) is 4.34. The molecule has 0 bridgehead atoms. The highest BCUT2D eigenvalue weighted by Crippen LogP contribution is 2.74. The maximum Gasteiger partial charge on any atom is 0.238 e. The molecule has 3 saturated carbocycles. The van der Waals surface area contributed by atoms with Gasteiger partial charge in [0.2, 0.25) is 11.8 Å². The van der Waals surface area contributed by atoms with E-state index in [0.29, 0.717) is 12.8 Å². The Morgan fingerprint density at radius 1 is 1.00 bits per heavy atom. The van der Waals surface area contributed by atoms with Crippen LogP contribution in [-0.2, 0) is 19.2 Å². The van der Waals surface area contributed by atoms with Gasteiger partial charge in [0.25, 0.3) is 0 Å². The van der Waals surface area contributed by atoms with Crippen LogP contribution in [0.4, 0.5) is 0 Å². The Hall–Kier alpha value is -2.75. The normalized spacial score (nSPS) is 42.7. The number of rotatable bonds is 3. The molecule has 0 aromatic carbocycles. The van der Waals surface area contributed by atoms with Crippen LogP contribution in [0.3, 0.4) is 0 Å². The molecule has 0 aromatic rings. The van der Waals surface area contributed by atoms with Crippen molar-refractivity contribution in [2.45, 2.75) is 106 Å². The summed E-state index contributed by atoms with van der Waals surface area (Å²) >= 11 is 0. The van der Waals surface area contributed by atoms with Gasteiger partial charge in [0.15, 0.2) is 11.6 Å². The average Bonchev–Trinajstić information content (AvgIpc) is 2.90. The summed E-state index contributed by atoms with van der Waals surface area (Å²) in [6, 6.07) is 2.16. The van der Waals surface area contributed by atoms with Crippen LogP contribution in [0.5, 0.6) is 0 Å². The molecule has 0 aromatic heterocycles. The molecule has 0 heterocycles. The van der Waals surface area contributed by atoms with E-state index >= 15 is 0 Å². The molecule has 0 aliphatic heterocycles. The average molecular weight is 562 g/mol. The van der Waals surface area contributed by atoms with E-state index in [1.54, 1.807) is 0 Å². The van der Waals surface area contributed by atoms with Gasteiger partial charge in [-0.25, -0.2) is 0 Å². The van der Waals surface area contributed by atoms with Crippen LogP contribution < -0.4 is 10.9 Å². The number of nitrogens with zero attached hydrogens (tertiary/aromatic N) is 1. The lowest BCUT2D eigenvalue weighted by Crippen LogP contribution is -2.64. The number of hydrogen-bond acceptors (Lipinski definition) is 5. The topological polar surface area (TPSA) is 116 Å². The molecule has 7 heteroatoms. The summed E-state index contributed by atoms with van der Waals surface area (Å²) < 4.78 is 0. The lowest BCUT2D eigenvalue weighted by atomic mass is 9.34. The van der Waals surface area contributed by atoms with Crippen molar-refractivity contribution in [1.29, 1.82) is 5.26 Å². The highest BCUT2D eigenvalue weighted by molar-refractivity contribution is 6.02. The molecule has 7 nitrogen and oxygen atoms in total. The maximum absolute atomic E-state index is 14.5. The summed E-state index contributed by atoms with van der Waals surface area (Å²) in [6.45, 7) is 14.8. The van der Waals surface area contributed by atoms with Crippen molar-refractivity contribution >= 4 is 23.4 Å². The van der Waals surface area contributed by atoms with E-state index in [1.807, 2.05) is 19.1 Å². The van der Waals surface area contributed by atoms with Crippen LogP contribution in [0.1, 0.15) is 106 Å². The first kappa shape index (κ1) is 29.7. The minimum Gasteiger partial charge on any atom is -0.295 e. The van der Waals surface area contributed by atoms with Crippen LogP contribution in [0.25, 0.3) is 0 Å². The summed E-state index contributed by atoms with van der Waals surface area (Å²) in [6.07, 6.45) is 11.6. The molecular formula is C34H47N3O4. The van der Waals surface area contributed by atoms with Gasteiger partial charge in [0.1, 0.15) is 6.07 Å². The zero-order valence-corrected chi connectivity index (χ0v) is 25.9. The first-order valence-corrected chi connectivity index (χ1v) is 15.5. The number of hydrazine groups is 1. The van der Waals surface area contributed by atoms with Gasteiger partial charge in [0.05, 0.1) is 5.57 Å². The van der Waals surface area contributed by atoms with E-state index in [-0.39, 0.29) is 74.3 Å². The van der Waals surface area contributed by atoms with Gasteiger partial charge >= 0.3 is 0 Å². The Balaban J connectivity index is 1.56. The Bertz CT molecular complexity index is 1310. The van der Waals surface area contributed by atoms with E-state index in [9.17, 15) is 24.4 Å². The molecule has 0 spiro atoms. The number of Topliss-reactive ketones (excluding diaryl/α,β-unsaturated/α-hetero) is 1. The van der Waals surface area contributed by atoms with Crippen LogP contribution in [0.15, 0.2) is 23.3 Å². The Kier molecular flexibility index (Phi) is 6.99. The van der Waals surface area contributed by atoms with Crippen LogP contribution in [0, 0.1) is 62.1 Å². The summed E-state index contributed by atoms with van der Waals surface area (Å²) in [5.74, 6) is -0.503. The number of nitriles is 1. The number of hydrogen-bond donors (Lipinski definition) is 2. The second-order valence-electron chi connectivity index (χ2n) is 15.5. The second kappa shape index (κ2) is 9.64. The zero-order chi connectivity index (χ0) is 30.2. The summed E-state index contributed by atoms with van der Waals surface area (Å²) in [5.41, 5.74) is 5.31. The van der Waals surface area contributed by atoms with E-state index in [4.69, 9.17) is 0 Å². The van der Waals surface area contributed by atoms with Gasteiger partial charge in [-0.05, 0) is 90.9 Å². The Morgan fingerprint density at radius 3 is 2.34 bits per heavy atom. The monoisotopic (exact) mass is 561 g/mol. The lowest BCUT2D eigenvalue weighted by Gasteiger charge is -2.69. The fourth-order valence-electron chi connectivity index (χ4n) is 10.4. The fourth-order valence-corrected chi connectivity index (χ4v) is 10.4. The molecule has 8 atom stereocenters. The number of amides is 2. The smallest absolute Gasteiger partial charge is 0.238 e. The highest BCUT2D eigenvalue weighted by Gasteiger charge is 2.68. The van der Waals surface area contributed by atoms with Crippen LogP contribution >= 0.6 is 0 Å². The molecule has 5 aliphatic carbocycles. The fraction of sp³-hybridized carbons (Fsp3) is 0.735. The molecule has 0 radical (unpaired) electrons. The van der Waals surface area contributed by atoms with Gasteiger partial charge in [-0.3, -0.25) is 30.0 Å². The molecule has 222 valence electrons. The molecule has 0 saturated heterocycles. The van der Waals surface area contributed by atoms with Gasteiger partial charge in [0, 0.05) is 30.6 Å². The van der Waals surface area contributed by atoms with Gasteiger partial charge in [-0.1, -0.05) is 53.2 Å². The van der Waals surface area contributed by atoms with Gasteiger partial charge in [-0.15, -0.1) is 0 Å². The van der Waals surface area contributed by atoms with Gasteiger partial charge < -0.3 is 0 Å². The van der Waals surface area contributed by atoms with Crippen molar-refractivity contribution in [3.8, 4) is 6.07 Å². The van der Waals surface area contributed by atoms with Crippen molar-refractivity contribution in [1.82, 2.24) is 10.9 Å². The molecule has 2 N–H and O–H groups in total. The van der Waals surface area contributed by atoms with Crippen LogP contribution in [0.2, 0.25) is 0 Å². The lowest BCUT2D eigenvalue weighted by molar-refractivity contribution is -0.171. The number of fused-ring (bicyclic) bond motifs is 7. The van der Waals surface area contributed by atoms with Crippen LogP contribution in [-0.4, -0.2) is 23.4 Å². The molecule has 3 unspecified atom stereocenters. The molecule has 3 fully saturated rings. The standard InChI is InChI=1S/C34H47N3O4/c1-20-23-8-10-32(6)26(31(23,5)17-22(19-35)29(20)41)16-25(39)28-24-18-30(3,4)12-14-34(24,15-13-33(28,32)7)11-9-27(40)37-36-21(2)38/h16-17,20,23-24,28H,8-15,18H2,1-7H3,(H,36,38)(H,37,40)/t20-,23?,24?,28?,31-,32+,33+,34+/m0/s1. The van der Waals surface area contributed by atoms with Gasteiger partial charge in [-0.2, -0.15) is 5.26 Å². The Morgan fingerprint density at radius 2 is 1.68 bits per heavy atom. The van der Waals surface area contributed by atoms with Crippen molar-refractivity contribution in [3.63, 3.8) is 0 Å². The molecule has 2 amide bonds. The quantitative estimate of drug-likeness (QED) is 0.425. The van der Waals surface area contributed by atoms with Crippen molar-refractivity contribution in [2.75, 3.05) is 0 Å². The first-order chi connectivity index (χ1) is 19.0. The molecule has 5 rings (SSSR count). The molecule has 41 heavy (non-hydrogen) atoms. The molecular weight excluding hydrogens is 514 g/mol. The minimum atomic E-state index is -0.503. The maximum atomic E-state index is 14.5. The third-order valence-corrected chi connectivity index (χ3v) is 12.9. The van der Waals surface area contributed by atoms with E-state index in [0.717, 1.165) is 50.5 Å². The zero-order valence-electron chi connectivity index (χ0n) is 25.9. The van der Waals surface area contributed by atoms with E-state index in [1.165, 1.54) is 6.92 Å². The SMILES string of the molecule is CC(=O)NNC(=O)CC[C@]12CCC(C)(C)CC1C1C(=O)C=C3[C@@]4(C)C=C(C#N)C(=O)[C@@H](C)C4CC[C@@]3(C)[C@]1(C)CC2. The summed E-state index contributed by atoms with van der Waals surface area (Å²) in [5, 5.41) is 9.82. The Labute approximate surface area is 244 Å². The number of ketones is 2. The first-order valence-electron chi connectivity index (χ1n) is 15.5. The van der Waals surface area contributed by atoms with Crippen molar-refractivity contribution in [2.24, 2.45) is 50.7 Å². The largest absolute Gasteiger partial charge is 0.295 e. The van der Waals surface area contributed by atoms with E-state index in [2.05, 4.69) is 51.5 Å². The highest BCUT2D eigenvalue weighted by atomic mass is 16.2. The number of carbonyl (C=O) groups is 4. The number of carbonyl (C=O) groups excluding carboxylic acids is 4.